The Morgan fingerprint density at radius 2 is 1.91 bits per heavy atom. The van der Waals surface area contributed by atoms with E-state index in [1.54, 1.807) is 22.8 Å². The topological polar surface area (TPSA) is 63.1 Å². The smallest absolute Gasteiger partial charge is 0.274 e. The first kappa shape index (κ1) is 21.8. The highest BCUT2D eigenvalue weighted by Crippen LogP contribution is 2.53. The molecule has 10 heteroatoms. The van der Waals surface area contributed by atoms with Crippen LogP contribution in [0.2, 0.25) is 5.02 Å². The Balaban J connectivity index is 1.31. The van der Waals surface area contributed by atoms with Crippen LogP contribution in [0.3, 0.4) is 0 Å². The summed E-state index contributed by atoms with van der Waals surface area (Å²) in [4.78, 5) is 22.8. The number of hydrogen-bond acceptors (Lipinski definition) is 4. The van der Waals surface area contributed by atoms with Gasteiger partial charge in [-0.25, -0.2) is 18.2 Å². The third-order valence-corrected chi connectivity index (χ3v) is 6.93. The number of nitrogens with one attached hydrogen (secondary N) is 1. The van der Waals surface area contributed by atoms with Crippen LogP contribution in [0.25, 0.3) is 0 Å². The van der Waals surface area contributed by atoms with E-state index >= 15 is 0 Å². The third kappa shape index (κ3) is 3.84. The number of benzene rings is 1. The van der Waals surface area contributed by atoms with Crippen LogP contribution in [0.5, 0.6) is 0 Å². The number of anilines is 2. The van der Waals surface area contributed by atoms with Gasteiger partial charge in [0.1, 0.15) is 17.2 Å². The zero-order valence-electron chi connectivity index (χ0n) is 17.8. The summed E-state index contributed by atoms with van der Waals surface area (Å²) >= 11 is 5.82. The van der Waals surface area contributed by atoms with Crippen molar-refractivity contribution in [2.24, 2.45) is 12.5 Å². The van der Waals surface area contributed by atoms with E-state index in [0.717, 1.165) is 31.7 Å². The lowest BCUT2D eigenvalue weighted by atomic mass is 9.77. The molecule has 3 heterocycles. The van der Waals surface area contributed by atoms with E-state index in [2.05, 4.69) is 15.3 Å². The molecule has 2 aromatic heterocycles. The summed E-state index contributed by atoms with van der Waals surface area (Å²) < 4.78 is 43.2. The Kier molecular flexibility index (Phi) is 5.31. The highest BCUT2D eigenvalue weighted by atomic mass is 35.5. The van der Waals surface area contributed by atoms with Crippen molar-refractivity contribution in [3.63, 3.8) is 0 Å². The van der Waals surface area contributed by atoms with Crippen LogP contribution in [0.4, 0.5) is 24.5 Å². The van der Waals surface area contributed by atoms with E-state index in [1.807, 2.05) is 0 Å². The molecule has 33 heavy (non-hydrogen) atoms. The van der Waals surface area contributed by atoms with Gasteiger partial charge in [0.05, 0.1) is 29.4 Å². The molecule has 2 aliphatic rings. The number of hydrogen-bond donors (Lipinski definition) is 1. The maximum absolute atomic E-state index is 14.1. The van der Waals surface area contributed by atoms with Crippen molar-refractivity contribution in [3.8, 4) is 0 Å². The van der Waals surface area contributed by atoms with E-state index < -0.39 is 17.5 Å². The van der Waals surface area contributed by atoms with E-state index in [1.165, 1.54) is 18.2 Å². The van der Waals surface area contributed by atoms with Crippen molar-refractivity contribution >= 4 is 28.9 Å². The lowest BCUT2D eigenvalue weighted by Crippen LogP contribution is -2.55. The number of halogens is 4. The van der Waals surface area contributed by atoms with Crippen molar-refractivity contribution in [2.75, 3.05) is 23.3 Å². The molecule has 6 nitrogen and oxygen atoms in total. The number of imidazole rings is 1. The molecule has 1 saturated carbocycles. The second-order valence-electron chi connectivity index (χ2n) is 8.92. The summed E-state index contributed by atoms with van der Waals surface area (Å²) in [6.07, 6.45) is 6.13. The summed E-state index contributed by atoms with van der Waals surface area (Å²) in [7, 11) is 1.74. The normalized spacial score (nSPS) is 19.1. The number of carbonyl (C=O) groups excluding carboxylic acids is 1. The van der Waals surface area contributed by atoms with Gasteiger partial charge in [-0.3, -0.25) is 9.78 Å². The van der Waals surface area contributed by atoms with E-state index in [4.69, 9.17) is 11.6 Å². The SMILES string of the molecule is Cn1cnc(C2CCC3(C2)CN(c2c(F)cncc2F)C3)c1C(=O)Nc1ccc(F)c(Cl)c1. The molecule has 1 aliphatic carbocycles. The van der Waals surface area contributed by atoms with Gasteiger partial charge in [-0.2, -0.15) is 0 Å². The van der Waals surface area contributed by atoms with Crippen molar-refractivity contribution in [1.82, 2.24) is 14.5 Å². The number of rotatable bonds is 4. The van der Waals surface area contributed by atoms with Gasteiger partial charge in [0.15, 0.2) is 11.6 Å². The molecule has 1 amide bonds. The summed E-state index contributed by atoms with van der Waals surface area (Å²) in [6, 6.07) is 4.00. The minimum absolute atomic E-state index is 0.0325. The second-order valence-corrected chi connectivity index (χ2v) is 9.33. The van der Waals surface area contributed by atoms with Crippen LogP contribution in [0, 0.1) is 22.9 Å². The van der Waals surface area contributed by atoms with Gasteiger partial charge in [-0.15, -0.1) is 0 Å². The van der Waals surface area contributed by atoms with Gasteiger partial charge in [-0.05, 0) is 37.5 Å². The molecule has 0 radical (unpaired) electrons. The standard InChI is InChI=1S/C23H21ClF3N5O/c1-31-12-29-19(21(31)22(33)30-14-2-3-16(25)15(24)6-14)13-4-5-23(7-13)10-32(11-23)20-17(26)8-28-9-18(20)27/h2-3,6,8-9,12-13H,4-5,7,10-11H2,1H3,(H,30,33). The highest BCUT2D eigenvalue weighted by Gasteiger charge is 2.50. The van der Waals surface area contributed by atoms with Crippen molar-refractivity contribution in [2.45, 2.75) is 25.2 Å². The second kappa shape index (κ2) is 8.06. The molecule has 1 aromatic carbocycles. The molecular formula is C23H21ClF3N5O. The first-order valence-electron chi connectivity index (χ1n) is 10.6. The van der Waals surface area contributed by atoms with Gasteiger partial charge in [0.2, 0.25) is 0 Å². The van der Waals surface area contributed by atoms with Crippen LogP contribution in [-0.4, -0.2) is 33.5 Å². The van der Waals surface area contributed by atoms with Crippen LogP contribution < -0.4 is 10.2 Å². The Morgan fingerprint density at radius 1 is 1.18 bits per heavy atom. The molecule has 1 unspecified atom stereocenters. The van der Waals surface area contributed by atoms with Gasteiger partial charge in [-0.1, -0.05) is 11.6 Å². The predicted molar refractivity (Wildman–Crippen MR) is 118 cm³/mol. The largest absolute Gasteiger partial charge is 0.365 e. The fraction of sp³-hybridized carbons (Fsp3) is 0.348. The Hall–Kier alpha value is -3.07. The van der Waals surface area contributed by atoms with Gasteiger partial charge in [0.25, 0.3) is 5.91 Å². The minimum Gasteiger partial charge on any atom is -0.365 e. The number of pyridine rings is 1. The van der Waals surface area contributed by atoms with Gasteiger partial charge < -0.3 is 14.8 Å². The molecular weight excluding hydrogens is 455 g/mol. The molecule has 5 rings (SSSR count). The molecule has 0 bridgehead atoms. The average molecular weight is 476 g/mol. The number of aromatic nitrogens is 3. The van der Waals surface area contributed by atoms with E-state index in [9.17, 15) is 18.0 Å². The molecule has 172 valence electrons. The van der Waals surface area contributed by atoms with Crippen molar-refractivity contribution in [1.29, 1.82) is 0 Å². The van der Waals surface area contributed by atoms with Crippen molar-refractivity contribution < 1.29 is 18.0 Å². The molecule has 2 fully saturated rings. The lowest BCUT2D eigenvalue weighted by molar-refractivity contribution is 0.101. The van der Waals surface area contributed by atoms with Crippen LogP contribution >= 0.6 is 11.6 Å². The number of carbonyl (C=O) groups is 1. The first-order chi connectivity index (χ1) is 15.8. The number of nitrogens with zero attached hydrogens (tertiary/aromatic N) is 4. The minimum atomic E-state index is -0.663. The quantitative estimate of drug-likeness (QED) is 0.582. The van der Waals surface area contributed by atoms with Crippen molar-refractivity contribution in [3.05, 3.63) is 70.8 Å². The Bertz CT molecular complexity index is 1220. The number of aryl methyl sites for hydroxylation is 1. The molecule has 1 aliphatic heterocycles. The molecule has 1 N–H and O–H groups in total. The lowest BCUT2D eigenvalue weighted by Gasteiger charge is -2.49. The third-order valence-electron chi connectivity index (χ3n) is 6.64. The van der Waals surface area contributed by atoms with Crippen LogP contribution in [-0.2, 0) is 7.05 Å². The number of amides is 1. The Labute approximate surface area is 193 Å². The predicted octanol–water partition coefficient (Wildman–Crippen LogP) is 4.91. The fourth-order valence-electron chi connectivity index (χ4n) is 5.14. The average Bonchev–Trinajstić information content (AvgIpc) is 3.34. The Morgan fingerprint density at radius 3 is 2.61 bits per heavy atom. The molecule has 1 saturated heterocycles. The maximum atomic E-state index is 14.1. The first-order valence-corrected chi connectivity index (χ1v) is 11.0. The molecule has 3 aromatic rings. The molecule has 1 spiro atoms. The highest BCUT2D eigenvalue weighted by molar-refractivity contribution is 6.31. The summed E-state index contributed by atoms with van der Waals surface area (Å²) in [5, 5.41) is 2.68. The van der Waals surface area contributed by atoms with Crippen LogP contribution in [0.15, 0.2) is 36.9 Å². The fourth-order valence-corrected chi connectivity index (χ4v) is 5.32. The van der Waals surface area contributed by atoms with Gasteiger partial charge in [0, 0.05) is 37.2 Å². The summed E-state index contributed by atoms with van der Waals surface area (Å²) in [5.41, 5.74) is 1.41. The zero-order chi connectivity index (χ0) is 23.3. The van der Waals surface area contributed by atoms with Gasteiger partial charge >= 0.3 is 0 Å². The summed E-state index contributed by atoms with van der Waals surface area (Å²) in [6.45, 7) is 1.09. The monoisotopic (exact) mass is 475 g/mol. The van der Waals surface area contributed by atoms with Crippen LogP contribution in [0.1, 0.15) is 41.4 Å². The maximum Gasteiger partial charge on any atom is 0.274 e. The van der Waals surface area contributed by atoms with E-state index in [-0.39, 0.29) is 28.0 Å². The summed E-state index contributed by atoms with van der Waals surface area (Å²) in [5.74, 6) is -2.19. The van der Waals surface area contributed by atoms with E-state index in [0.29, 0.717) is 30.2 Å². The molecule has 1 atom stereocenters. The zero-order valence-corrected chi connectivity index (χ0v) is 18.5.